The molecule has 28 heavy (non-hydrogen) atoms. The lowest BCUT2D eigenvalue weighted by Gasteiger charge is -2.35. The summed E-state index contributed by atoms with van der Waals surface area (Å²) in [5.74, 6) is -0.867. The zero-order valence-corrected chi connectivity index (χ0v) is 15.7. The number of aryl methyl sites for hydroxylation is 1. The van der Waals surface area contributed by atoms with Gasteiger partial charge in [-0.2, -0.15) is 22.7 Å². The second kappa shape index (κ2) is 8.27. The van der Waals surface area contributed by atoms with Crippen molar-refractivity contribution in [1.82, 2.24) is 29.8 Å². The molecule has 12 heteroatoms. The Hall–Kier alpha value is -2.47. The molecule has 0 saturated carbocycles. The van der Waals surface area contributed by atoms with Crippen LogP contribution < -0.4 is 10.2 Å². The Bertz CT molecular complexity index is 831. The first-order valence-corrected chi connectivity index (χ1v) is 8.82. The second-order valence-corrected chi connectivity index (χ2v) is 6.51. The van der Waals surface area contributed by atoms with Crippen molar-refractivity contribution in [2.45, 2.75) is 13.1 Å². The van der Waals surface area contributed by atoms with Crippen LogP contribution in [0.5, 0.6) is 0 Å². The third-order valence-corrected chi connectivity index (χ3v) is 4.37. The summed E-state index contributed by atoms with van der Waals surface area (Å²) in [4.78, 5) is 23.4. The smallest absolute Gasteiger partial charge is 0.383 e. The van der Waals surface area contributed by atoms with E-state index in [2.05, 4.69) is 20.4 Å². The van der Waals surface area contributed by atoms with Crippen molar-refractivity contribution < 1.29 is 22.7 Å². The Labute approximate surface area is 159 Å². The monoisotopic (exact) mass is 401 g/mol. The van der Waals surface area contributed by atoms with Crippen molar-refractivity contribution in [2.75, 3.05) is 57.9 Å². The molecule has 2 aromatic heterocycles. The molecule has 1 saturated heterocycles. The summed E-state index contributed by atoms with van der Waals surface area (Å²) in [5, 5.41) is 6.36. The van der Waals surface area contributed by atoms with Crippen molar-refractivity contribution in [2.24, 2.45) is 0 Å². The number of alkyl halides is 3. The molecular formula is C16H22F3N7O2. The number of aromatic nitrogens is 4. The van der Waals surface area contributed by atoms with Crippen molar-refractivity contribution >= 4 is 17.5 Å². The minimum Gasteiger partial charge on any atom is -0.383 e. The third kappa shape index (κ3) is 4.68. The number of piperazine rings is 1. The van der Waals surface area contributed by atoms with E-state index in [9.17, 15) is 18.0 Å². The van der Waals surface area contributed by atoms with Gasteiger partial charge in [-0.15, -0.1) is 5.10 Å². The number of carbonyl (C=O) groups is 1. The van der Waals surface area contributed by atoms with E-state index in [0.717, 1.165) is 4.52 Å². The number of ether oxygens (including phenoxy) is 1. The Balaban J connectivity index is 1.68. The summed E-state index contributed by atoms with van der Waals surface area (Å²) >= 11 is 0. The highest BCUT2D eigenvalue weighted by Gasteiger charge is 2.37. The van der Waals surface area contributed by atoms with Gasteiger partial charge in [-0.1, -0.05) is 0 Å². The molecule has 3 heterocycles. The molecule has 2 aromatic rings. The summed E-state index contributed by atoms with van der Waals surface area (Å²) in [5.41, 5.74) is 0.559. The molecule has 1 amide bonds. The van der Waals surface area contributed by atoms with E-state index in [1.807, 2.05) is 9.80 Å². The van der Waals surface area contributed by atoms with E-state index in [-0.39, 0.29) is 18.2 Å². The number of methoxy groups -OCH3 is 1. The Morgan fingerprint density at radius 3 is 2.61 bits per heavy atom. The van der Waals surface area contributed by atoms with Gasteiger partial charge in [-0.25, -0.2) is 4.98 Å². The molecule has 1 aliphatic heterocycles. The summed E-state index contributed by atoms with van der Waals surface area (Å²) < 4.78 is 44.9. The molecule has 1 fully saturated rings. The van der Waals surface area contributed by atoms with Gasteiger partial charge >= 0.3 is 6.18 Å². The highest BCUT2D eigenvalue weighted by atomic mass is 19.4. The SMILES string of the molecule is COCCNC(=O)CN1CCN(c2cc(C)nc3nc(C(F)(F)F)nn23)CC1. The Morgan fingerprint density at radius 2 is 1.96 bits per heavy atom. The highest BCUT2D eigenvalue weighted by Crippen LogP contribution is 2.28. The van der Waals surface area contributed by atoms with Gasteiger partial charge in [-0.3, -0.25) is 9.69 Å². The number of amides is 1. The molecule has 1 N–H and O–H groups in total. The minimum atomic E-state index is -4.63. The topological polar surface area (TPSA) is 87.9 Å². The molecular weight excluding hydrogens is 379 g/mol. The van der Waals surface area contributed by atoms with Crippen LogP contribution in [0.4, 0.5) is 19.0 Å². The van der Waals surface area contributed by atoms with E-state index in [1.54, 1.807) is 20.1 Å². The van der Waals surface area contributed by atoms with E-state index in [4.69, 9.17) is 4.74 Å². The predicted molar refractivity (Wildman–Crippen MR) is 94.1 cm³/mol. The average Bonchev–Trinajstić information content (AvgIpc) is 3.06. The fourth-order valence-electron chi connectivity index (χ4n) is 3.00. The molecule has 154 valence electrons. The van der Waals surface area contributed by atoms with Crippen molar-refractivity contribution in [3.63, 3.8) is 0 Å². The molecule has 0 unspecified atom stereocenters. The first-order valence-electron chi connectivity index (χ1n) is 8.82. The Morgan fingerprint density at radius 1 is 1.25 bits per heavy atom. The molecule has 0 radical (unpaired) electrons. The number of nitrogens with zero attached hydrogens (tertiary/aromatic N) is 6. The molecule has 1 aliphatic rings. The minimum absolute atomic E-state index is 0.0812. The van der Waals surface area contributed by atoms with Gasteiger partial charge in [0, 0.05) is 51.6 Å². The molecule has 0 aromatic carbocycles. The number of hydrogen-bond acceptors (Lipinski definition) is 7. The van der Waals surface area contributed by atoms with Gasteiger partial charge < -0.3 is 15.0 Å². The van der Waals surface area contributed by atoms with Crippen LogP contribution in [0.25, 0.3) is 5.78 Å². The summed E-state index contributed by atoms with van der Waals surface area (Å²) in [6, 6.07) is 1.69. The third-order valence-electron chi connectivity index (χ3n) is 4.37. The van der Waals surface area contributed by atoms with Crippen LogP contribution in [0.3, 0.4) is 0 Å². The normalized spacial score (nSPS) is 16.0. The number of fused-ring (bicyclic) bond motifs is 1. The number of hydrogen-bond donors (Lipinski definition) is 1. The quantitative estimate of drug-likeness (QED) is 0.699. The van der Waals surface area contributed by atoms with E-state index in [0.29, 0.717) is 50.8 Å². The molecule has 9 nitrogen and oxygen atoms in total. The molecule has 0 aliphatic carbocycles. The van der Waals surface area contributed by atoms with E-state index in [1.165, 1.54) is 0 Å². The first-order chi connectivity index (χ1) is 13.3. The van der Waals surface area contributed by atoms with Gasteiger partial charge in [0.05, 0.1) is 13.2 Å². The fourth-order valence-corrected chi connectivity index (χ4v) is 3.00. The largest absolute Gasteiger partial charge is 0.453 e. The number of carbonyl (C=O) groups excluding carboxylic acids is 1. The Kier molecular flexibility index (Phi) is 5.98. The zero-order valence-electron chi connectivity index (χ0n) is 15.7. The van der Waals surface area contributed by atoms with Crippen molar-refractivity contribution in [1.29, 1.82) is 0 Å². The van der Waals surface area contributed by atoms with Gasteiger partial charge in [0.1, 0.15) is 5.82 Å². The molecule has 0 bridgehead atoms. The summed E-state index contributed by atoms with van der Waals surface area (Å²) in [6.45, 7) is 5.17. The number of nitrogens with one attached hydrogen (secondary N) is 1. The standard InChI is InChI=1S/C16H22F3N7O2/c1-11-9-13(26-15(21-11)22-14(23-26)16(17,18)19)25-6-4-24(5-7-25)10-12(27)20-3-8-28-2/h9H,3-8,10H2,1-2H3,(H,20,27). The maximum Gasteiger partial charge on any atom is 0.453 e. The van der Waals surface area contributed by atoms with Gasteiger partial charge in [-0.05, 0) is 6.92 Å². The van der Waals surface area contributed by atoms with Crippen LogP contribution in [0.1, 0.15) is 11.5 Å². The maximum absolute atomic E-state index is 13.0. The number of anilines is 1. The van der Waals surface area contributed by atoms with Gasteiger partial charge in [0.2, 0.25) is 5.91 Å². The van der Waals surface area contributed by atoms with E-state index < -0.39 is 12.0 Å². The van der Waals surface area contributed by atoms with Crippen LogP contribution in [0.15, 0.2) is 6.07 Å². The van der Waals surface area contributed by atoms with Crippen LogP contribution in [-0.2, 0) is 15.7 Å². The lowest BCUT2D eigenvalue weighted by Crippen LogP contribution is -2.50. The lowest BCUT2D eigenvalue weighted by atomic mass is 10.3. The lowest BCUT2D eigenvalue weighted by molar-refractivity contribution is -0.144. The molecule has 3 rings (SSSR count). The number of rotatable bonds is 6. The van der Waals surface area contributed by atoms with Crippen LogP contribution in [0.2, 0.25) is 0 Å². The fraction of sp³-hybridized carbons (Fsp3) is 0.625. The van der Waals surface area contributed by atoms with Crippen LogP contribution in [-0.4, -0.2) is 83.4 Å². The molecule has 0 atom stereocenters. The van der Waals surface area contributed by atoms with Crippen LogP contribution >= 0.6 is 0 Å². The predicted octanol–water partition coefficient (Wildman–Crippen LogP) is 0.336. The maximum atomic E-state index is 13.0. The van der Waals surface area contributed by atoms with Crippen molar-refractivity contribution in [3.8, 4) is 0 Å². The second-order valence-electron chi connectivity index (χ2n) is 6.51. The van der Waals surface area contributed by atoms with Crippen LogP contribution in [0, 0.1) is 6.92 Å². The first kappa shape index (κ1) is 20.3. The van der Waals surface area contributed by atoms with E-state index >= 15 is 0 Å². The summed E-state index contributed by atoms with van der Waals surface area (Å²) in [6.07, 6.45) is -4.63. The number of halogens is 3. The zero-order chi connectivity index (χ0) is 20.3. The molecule has 0 spiro atoms. The van der Waals surface area contributed by atoms with Crippen molar-refractivity contribution in [3.05, 3.63) is 17.6 Å². The average molecular weight is 401 g/mol. The van der Waals surface area contributed by atoms with Gasteiger partial charge in [0.25, 0.3) is 11.6 Å². The highest BCUT2D eigenvalue weighted by molar-refractivity contribution is 5.78. The summed E-state index contributed by atoms with van der Waals surface area (Å²) in [7, 11) is 1.57. The van der Waals surface area contributed by atoms with Gasteiger partial charge in [0.15, 0.2) is 0 Å².